The van der Waals surface area contributed by atoms with Crippen molar-refractivity contribution in [2.45, 2.75) is 30.6 Å². The summed E-state index contributed by atoms with van der Waals surface area (Å²) in [6, 6.07) is 2.13. The highest BCUT2D eigenvalue weighted by Gasteiger charge is 2.24. The van der Waals surface area contributed by atoms with Gasteiger partial charge < -0.3 is 0 Å². The molecule has 1 aromatic heterocycles. The van der Waals surface area contributed by atoms with E-state index in [4.69, 9.17) is 0 Å². The minimum atomic E-state index is 0.584. The zero-order valence-electron chi connectivity index (χ0n) is 8.19. The van der Waals surface area contributed by atoms with Crippen molar-refractivity contribution in [2.24, 2.45) is 0 Å². The van der Waals surface area contributed by atoms with Crippen molar-refractivity contribution >= 4 is 18.0 Å². The van der Waals surface area contributed by atoms with Gasteiger partial charge in [0.1, 0.15) is 5.69 Å². The molecule has 1 aliphatic rings. The van der Waals surface area contributed by atoms with Crippen LogP contribution in [-0.4, -0.2) is 17.0 Å². The molecule has 1 aromatic rings. The zero-order chi connectivity index (χ0) is 9.97. The number of carbonyl (C=O) groups is 1. The van der Waals surface area contributed by atoms with Gasteiger partial charge in [0.25, 0.3) is 0 Å². The van der Waals surface area contributed by atoms with Crippen LogP contribution in [0.15, 0.2) is 17.2 Å². The zero-order valence-corrected chi connectivity index (χ0v) is 9.01. The van der Waals surface area contributed by atoms with E-state index >= 15 is 0 Å². The summed E-state index contributed by atoms with van der Waals surface area (Å²) in [4.78, 5) is 15.9. The van der Waals surface area contributed by atoms with Crippen LogP contribution in [0.2, 0.25) is 0 Å². The SMILES string of the molecule is CCSc1cc(C2CC2)cnc1C=O. The Morgan fingerprint density at radius 1 is 1.64 bits per heavy atom. The number of carbonyl (C=O) groups excluding carboxylic acids is 1. The summed E-state index contributed by atoms with van der Waals surface area (Å²) < 4.78 is 0. The molecule has 1 fully saturated rings. The Bertz CT molecular complexity index is 347. The molecule has 1 aliphatic carbocycles. The van der Waals surface area contributed by atoms with Crippen LogP contribution in [0.4, 0.5) is 0 Å². The molecule has 0 saturated heterocycles. The quantitative estimate of drug-likeness (QED) is 0.561. The molecule has 0 aromatic carbocycles. The fraction of sp³-hybridized carbons (Fsp3) is 0.455. The molecule has 0 aliphatic heterocycles. The number of thioether (sulfide) groups is 1. The molecule has 1 saturated carbocycles. The van der Waals surface area contributed by atoms with Crippen LogP contribution in [0.25, 0.3) is 0 Å². The highest BCUT2D eigenvalue weighted by atomic mass is 32.2. The average Bonchev–Trinajstić information content (AvgIpc) is 3.01. The number of rotatable bonds is 4. The molecule has 1 heterocycles. The van der Waals surface area contributed by atoms with E-state index in [9.17, 15) is 4.79 Å². The maximum atomic E-state index is 10.7. The van der Waals surface area contributed by atoms with Gasteiger partial charge in [-0.05, 0) is 36.1 Å². The van der Waals surface area contributed by atoms with Gasteiger partial charge in [-0.2, -0.15) is 0 Å². The third kappa shape index (κ3) is 1.98. The fourth-order valence-electron chi connectivity index (χ4n) is 1.47. The van der Waals surface area contributed by atoms with Gasteiger partial charge in [0.05, 0.1) is 0 Å². The summed E-state index contributed by atoms with van der Waals surface area (Å²) in [6.07, 6.45) is 5.24. The van der Waals surface area contributed by atoms with Gasteiger partial charge in [0, 0.05) is 11.1 Å². The second-order valence-electron chi connectivity index (χ2n) is 3.48. The first-order chi connectivity index (χ1) is 6.85. The number of nitrogens with zero attached hydrogens (tertiary/aromatic N) is 1. The van der Waals surface area contributed by atoms with Crippen LogP contribution < -0.4 is 0 Å². The van der Waals surface area contributed by atoms with Gasteiger partial charge in [-0.25, -0.2) is 0 Å². The Kier molecular flexibility index (Phi) is 2.87. The average molecular weight is 207 g/mol. The fourth-order valence-corrected chi connectivity index (χ4v) is 2.25. The Hall–Kier alpha value is -0.830. The van der Waals surface area contributed by atoms with E-state index in [0.717, 1.165) is 16.9 Å². The largest absolute Gasteiger partial charge is 0.296 e. The minimum absolute atomic E-state index is 0.584. The molecule has 0 radical (unpaired) electrons. The van der Waals surface area contributed by atoms with E-state index in [0.29, 0.717) is 11.6 Å². The van der Waals surface area contributed by atoms with Crippen LogP contribution in [0.3, 0.4) is 0 Å². The molecule has 0 N–H and O–H groups in total. The summed E-state index contributed by atoms with van der Waals surface area (Å²) in [5.41, 5.74) is 1.88. The number of hydrogen-bond donors (Lipinski definition) is 0. The first-order valence-corrected chi connectivity index (χ1v) is 5.91. The third-order valence-electron chi connectivity index (χ3n) is 2.36. The Morgan fingerprint density at radius 3 is 3.00 bits per heavy atom. The number of aldehydes is 1. The van der Waals surface area contributed by atoms with Gasteiger partial charge in [0.15, 0.2) is 6.29 Å². The molecular weight excluding hydrogens is 194 g/mol. The summed E-state index contributed by atoms with van der Waals surface area (Å²) >= 11 is 1.69. The predicted octanol–water partition coefficient (Wildman–Crippen LogP) is 2.88. The van der Waals surface area contributed by atoms with Crippen molar-refractivity contribution < 1.29 is 4.79 Å². The van der Waals surface area contributed by atoms with Crippen LogP contribution in [-0.2, 0) is 0 Å². The summed E-state index contributed by atoms with van der Waals surface area (Å²) in [7, 11) is 0. The van der Waals surface area contributed by atoms with E-state index in [1.54, 1.807) is 11.8 Å². The van der Waals surface area contributed by atoms with Crippen molar-refractivity contribution in [1.29, 1.82) is 0 Å². The van der Waals surface area contributed by atoms with E-state index in [1.165, 1.54) is 18.4 Å². The molecule has 0 spiro atoms. The third-order valence-corrected chi connectivity index (χ3v) is 3.29. The smallest absolute Gasteiger partial charge is 0.169 e. The van der Waals surface area contributed by atoms with E-state index in [2.05, 4.69) is 18.0 Å². The second kappa shape index (κ2) is 4.13. The van der Waals surface area contributed by atoms with Gasteiger partial charge in [-0.3, -0.25) is 9.78 Å². The number of pyridine rings is 1. The molecule has 2 rings (SSSR count). The Labute approximate surface area is 88.1 Å². The van der Waals surface area contributed by atoms with Crippen molar-refractivity contribution in [3.8, 4) is 0 Å². The topological polar surface area (TPSA) is 30.0 Å². The van der Waals surface area contributed by atoms with Crippen molar-refractivity contribution in [1.82, 2.24) is 4.98 Å². The standard InChI is InChI=1S/C11H13NOS/c1-2-14-11-5-9(8-3-4-8)6-12-10(11)7-13/h5-8H,2-4H2,1H3. The Morgan fingerprint density at radius 2 is 2.43 bits per heavy atom. The highest BCUT2D eigenvalue weighted by molar-refractivity contribution is 7.99. The molecule has 2 nitrogen and oxygen atoms in total. The maximum Gasteiger partial charge on any atom is 0.169 e. The monoisotopic (exact) mass is 207 g/mol. The van der Waals surface area contributed by atoms with Gasteiger partial charge >= 0.3 is 0 Å². The molecule has 0 unspecified atom stereocenters. The molecular formula is C11H13NOS. The van der Waals surface area contributed by atoms with Crippen LogP contribution in [0.5, 0.6) is 0 Å². The first-order valence-electron chi connectivity index (χ1n) is 4.93. The minimum Gasteiger partial charge on any atom is -0.296 e. The molecule has 14 heavy (non-hydrogen) atoms. The van der Waals surface area contributed by atoms with Gasteiger partial charge in [-0.15, -0.1) is 11.8 Å². The summed E-state index contributed by atoms with van der Waals surface area (Å²) in [5, 5.41) is 0. The lowest BCUT2D eigenvalue weighted by Gasteiger charge is -2.04. The molecule has 0 amide bonds. The maximum absolute atomic E-state index is 10.7. The summed E-state index contributed by atoms with van der Waals surface area (Å²) in [5.74, 6) is 1.69. The Balaban J connectivity index is 2.30. The van der Waals surface area contributed by atoms with Crippen LogP contribution >= 0.6 is 11.8 Å². The van der Waals surface area contributed by atoms with Gasteiger partial charge in [-0.1, -0.05) is 6.92 Å². The normalized spacial score (nSPS) is 15.5. The number of aromatic nitrogens is 1. The lowest BCUT2D eigenvalue weighted by atomic mass is 10.2. The second-order valence-corrected chi connectivity index (χ2v) is 4.78. The molecule has 0 atom stereocenters. The first kappa shape index (κ1) is 9.71. The molecule has 74 valence electrons. The van der Waals surface area contributed by atoms with Crippen molar-refractivity contribution in [3.63, 3.8) is 0 Å². The summed E-state index contributed by atoms with van der Waals surface area (Å²) in [6.45, 7) is 2.09. The highest BCUT2D eigenvalue weighted by Crippen LogP contribution is 2.40. The molecule has 0 bridgehead atoms. The number of hydrogen-bond acceptors (Lipinski definition) is 3. The van der Waals surface area contributed by atoms with Gasteiger partial charge in [0.2, 0.25) is 0 Å². The lowest BCUT2D eigenvalue weighted by Crippen LogP contribution is -1.93. The van der Waals surface area contributed by atoms with Crippen LogP contribution in [0.1, 0.15) is 41.7 Å². The van der Waals surface area contributed by atoms with E-state index in [-0.39, 0.29) is 0 Å². The van der Waals surface area contributed by atoms with Crippen molar-refractivity contribution in [3.05, 3.63) is 23.5 Å². The van der Waals surface area contributed by atoms with E-state index < -0.39 is 0 Å². The van der Waals surface area contributed by atoms with E-state index in [1.807, 2.05) is 6.20 Å². The molecule has 3 heteroatoms. The lowest BCUT2D eigenvalue weighted by molar-refractivity contribution is 0.111. The van der Waals surface area contributed by atoms with Crippen molar-refractivity contribution in [2.75, 3.05) is 5.75 Å². The predicted molar refractivity (Wildman–Crippen MR) is 58.0 cm³/mol. The van der Waals surface area contributed by atoms with Crippen LogP contribution in [0, 0.1) is 0 Å².